The first-order valence-corrected chi connectivity index (χ1v) is 15.3. The molecule has 0 radical (unpaired) electrons. The summed E-state index contributed by atoms with van der Waals surface area (Å²) in [5.41, 5.74) is 0.277. The van der Waals surface area contributed by atoms with E-state index in [0.717, 1.165) is 6.04 Å². The molecule has 12 heteroatoms. The third-order valence-electron chi connectivity index (χ3n) is 4.22. The number of nitrogens with zero attached hydrogens (tertiary/aromatic N) is 3. The third kappa shape index (κ3) is 7.77. The monoisotopic (exact) mass is 482 g/mol. The van der Waals surface area contributed by atoms with Crippen molar-refractivity contribution < 1.29 is 27.4 Å². The van der Waals surface area contributed by atoms with Gasteiger partial charge < -0.3 is 18.8 Å². The van der Waals surface area contributed by atoms with Crippen LogP contribution in [0.25, 0.3) is 0 Å². The maximum Gasteiger partial charge on any atom is 0.374 e. The van der Waals surface area contributed by atoms with Crippen molar-refractivity contribution in [3.05, 3.63) is 42.0 Å². The second-order valence-electron chi connectivity index (χ2n) is 8.06. The van der Waals surface area contributed by atoms with Crippen LogP contribution in [0.1, 0.15) is 23.2 Å². The Balaban J connectivity index is 2.10. The van der Waals surface area contributed by atoms with E-state index in [2.05, 4.69) is 34.6 Å². The number of methoxy groups -OCH3 is 1. The van der Waals surface area contributed by atoms with E-state index in [1.807, 2.05) is 0 Å². The molecule has 1 aromatic heterocycles. The molecule has 1 heterocycles. The zero-order chi connectivity index (χ0) is 23.8. The first-order valence-electron chi connectivity index (χ1n) is 10.1. The number of hydrazone groups is 1. The lowest BCUT2D eigenvalue weighted by Gasteiger charge is -2.15. The number of esters is 1. The van der Waals surface area contributed by atoms with Crippen molar-refractivity contribution in [2.45, 2.75) is 44.2 Å². The lowest BCUT2D eigenvalue weighted by atomic mass is 10.3. The molecular formula is C20H30N4O6SSi. The zero-order valence-corrected chi connectivity index (χ0v) is 20.8. The highest BCUT2D eigenvalue weighted by molar-refractivity contribution is 7.89. The second kappa shape index (κ2) is 11.2. The molecule has 0 fully saturated rings. The van der Waals surface area contributed by atoms with Gasteiger partial charge in [-0.05, 0) is 37.2 Å². The lowest BCUT2D eigenvalue weighted by molar-refractivity contribution is 0.0464. The van der Waals surface area contributed by atoms with E-state index in [1.165, 1.54) is 42.2 Å². The lowest BCUT2D eigenvalue weighted by Crippen LogP contribution is -2.22. The molecule has 1 aromatic carbocycles. The second-order valence-corrected chi connectivity index (χ2v) is 15.3. The molecule has 0 saturated heterocycles. The number of aromatic nitrogens is 2. The van der Waals surface area contributed by atoms with Crippen LogP contribution >= 0.6 is 0 Å². The van der Waals surface area contributed by atoms with Gasteiger partial charge in [0, 0.05) is 20.9 Å². The summed E-state index contributed by atoms with van der Waals surface area (Å²) in [5, 5.41) is 3.76. The Labute approximate surface area is 189 Å². The van der Waals surface area contributed by atoms with Gasteiger partial charge in [-0.25, -0.2) is 14.6 Å². The van der Waals surface area contributed by atoms with Crippen LogP contribution < -0.4 is 9.57 Å². The van der Waals surface area contributed by atoms with Crippen LogP contribution in [0.2, 0.25) is 25.7 Å². The first-order chi connectivity index (χ1) is 15.1. The summed E-state index contributed by atoms with van der Waals surface area (Å²) in [6.45, 7) is 9.34. The van der Waals surface area contributed by atoms with E-state index in [4.69, 9.17) is 14.2 Å². The minimum Gasteiger partial charge on any atom is -0.497 e. The molecule has 0 atom stereocenters. The number of benzene rings is 1. The molecule has 0 aliphatic rings. The molecule has 10 nitrogen and oxygen atoms in total. The summed E-state index contributed by atoms with van der Waals surface area (Å²) in [5.74, 6) is -0.00405. The molecule has 0 saturated carbocycles. The number of carbonyl (C=O) groups is 1. The Morgan fingerprint density at radius 3 is 2.53 bits per heavy atom. The topological polar surface area (TPSA) is 121 Å². The van der Waals surface area contributed by atoms with Gasteiger partial charge in [-0.3, -0.25) is 0 Å². The van der Waals surface area contributed by atoms with Crippen LogP contribution in [0, 0.1) is 0 Å². The largest absolute Gasteiger partial charge is 0.497 e. The summed E-state index contributed by atoms with van der Waals surface area (Å²) in [6.07, 6.45) is 2.76. The average molecular weight is 483 g/mol. The summed E-state index contributed by atoms with van der Waals surface area (Å²) in [7, 11) is -3.61. The third-order valence-corrected chi connectivity index (χ3v) is 7.16. The summed E-state index contributed by atoms with van der Waals surface area (Å²) in [6, 6.07) is 6.86. The van der Waals surface area contributed by atoms with Gasteiger partial charge in [-0.15, -0.1) is 0 Å². The van der Waals surface area contributed by atoms with Crippen LogP contribution in [0.3, 0.4) is 0 Å². The number of hydrogen-bond donors (Lipinski definition) is 1. The molecule has 0 spiro atoms. The van der Waals surface area contributed by atoms with E-state index in [1.54, 1.807) is 13.1 Å². The highest BCUT2D eigenvalue weighted by Gasteiger charge is 2.18. The summed E-state index contributed by atoms with van der Waals surface area (Å²) < 4.78 is 42.0. The summed E-state index contributed by atoms with van der Waals surface area (Å²) >= 11 is 0. The van der Waals surface area contributed by atoms with Crippen molar-refractivity contribution in [1.82, 2.24) is 14.4 Å². The zero-order valence-electron chi connectivity index (χ0n) is 19.0. The van der Waals surface area contributed by atoms with E-state index in [-0.39, 0.29) is 29.8 Å². The van der Waals surface area contributed by atoms with Crippen LogP contribution in [-0.4, -0.2) is 58.6 Å². The van der Waals surface area contributed by atoms with Gasteiger partial charge in [0.15, 0.2) is 0 Å². The minimum atomic E-state index is -3.87. The maximum absolute atomic E-state index is 12.4. The van der Waals surface area contributed by atoms with E-state index in [9.17, 15) is 13.2 Å². The molecule has 0 amide bonds. The van der Waals surface area contributed by atoms with Crippen molar-refractivity contribution in [2.24, 2.45) is 5.10 Å². The molecule has 2 aromatic rings. The van der Waals surface area contributed by atoms with Crippen molar-refractivity contribution in [3.63, 3.8) is 0 Å². The van der Waals surface area contributed by atoms with Crippen LogP contribution in [0.5, 0.6) is 5.75 Å². The van der Waals surface area contributed by atoms with Crippen molar-refractivity contribution >= 4 is 30.3 Å². The fourth-order valence-electron chi connectivity index (χ4n) is 2.47. The maximum atomic E-state index is 12.4. The van der Waals surface area contributed by atoms with Gasteiger partial charge in [0.05, 0.1) is 24.8 Å². The Hall–Kier alpha value is -2.70. The fraction of sp³-hybridized carbons (Fsp3) is 0.450. The number of hydrogen-bond acceptors (Lipinski definition) is 8. The molecule has 0 aliphatic heterocycles. The van der Waals surface area contributed by atoms with Gasteiger partial charge in [0.1, 0.15) is 18.2 Å². The number of ether oxygens (including phenoxy) is 3. The van der Waals surface area contributed by atoms with Crippen LogP contribution in [-0.2, 0) is 26.2 Å². The minimum absolute atomic E-state index is 0.0315. The Morgan fingerprint density at radius 1 is 1.25 bits per heavy atom. The highest BCUT2D eigenvalue weighted by atomic mass is 32.2. The normalized spacial score (nSPS) is 12.2. The number of imidazole rings is 1. The molecule has 0 bridgehead atoms. The molecule has 32 heavy (non-hydrogen) atoms. The van der Waals surface area contributed by atoms with E-state index < -0.39 is 24.1 Å². The Morgan fingerprint density at radius 2 is 1.94 bits per heavy atom. The molecule has 0 aliphatic carbocycles. The SMILES string of the molecule is CCOC(=O)c1nc(/C=N\NS(=O)(=O)c2ccc(OC)cc2)cn1COCC[Si](C)(C)C. The van der Waals surface area contributed by atoms with Crippen molar-refractivity contribution in [3.8, 4) is 5.75 Å². The van der Waals surface area contributed by atoms with E-state index in [0.29, 0.717) is 12.4 Å². The molecule has 1 N–H and O–H groups in total. The molecule has 176 valence electrons. The highest BCUT2D eigenvalue weighted by Crippen LogP contribution is 2.15. The number of carbonyl (C=O) groups excluding carboxylic acids is 1. The van der Waals surface area contributed by atoms with Gasteiger partial charge in [0.2, 0.25) is 5.82 Å². The Bertz CT molecular complexity index is 1030. The van der Waals surface area contributed by atoms with Gasteiger partial charge in [-0.1, -0.05) is 19.6 Å². The number of rotatable bonds is 12. The fourth-order valence-corrected chi connectivity index (χ4v) is 4.01. The number of sulfonamides is 1. The van der Waals surface area contributed by atoms with Crippen molar-refractivity contribution in [1.29, 1.82) is 0 Å². The first kappa shape index (κ1) is 25.6. The van der Waals surface area contributed by atoms with Gasteiger partial charge >= 0.3 is 5.97 Å². The van der Waals surface area contributed by atoms with Crippen LogP contribution in [0.4, 0.5) is 0 Å². The average Bonchev–Trinajstić information content (AvgIpc) is 3.13. The molecule has 0 unspecified atom stereocenters. The van der Waals surface area contributed by atoms with Gasteiger partial charge in [-0.2, -0.15) is 13.5 Å². The summed E-state index contributed by atoms with van der Waals surface area (Å²) in [4.78, 5) is 18.6. The van der Waals surface area contributed by atoms with E-state index >= 15 is 0 Å². The standard InChI is InChI=1S/C20H30N4O6SSi/c1-6-30-20(25)19-22-16(14-24(19)15-29-11-12-32(3,4)5)13-21-23-31(26,27)18-9-7-17(28-2)8-10-18/h7-10,13-14,23H,6,11-12,15H2,1-5H3/b21-13-. The molecule has 2 rings (SSSR count). The predicted molar refractivity (Wildman–Crippen MR) is 123 cm³/mol. The van der Waals surface area contributed by atoms with Crippen LogP contribution in [0.15, 0.2) is 40.5 Å². The quantitative estimate of drug-likeness (QED) is 0.162. The predicted octanol–water partition coefficient (Wildman–Crippen LogP) is 2.69. The van der Waals surface area contributed by atoms with Crippen molar-refractivity contribution in [2.75, 3.05) is 20.3 Å². The van der Waals surface area contributed by atoms with Gasteiger partial charge in [0.25, 0.3) is 10.0 Å². The number of nitrogens with one attached hydrogen (secondary N) is 1. The Kier molecular flexibility index (Phi) is 8.98. The smallest absolute Gasteiger partial charge is 0.374 e. The molecular weight excluding hydrogens is 452 g/mol.